The summed E-state index contributed by atoms with van der Waals surface area (Å²) in [5, 5.41) is 0. The van der Waals surface area contributed by atoms with Gasteiger partial charge in [-0.2, -0.15) is 0 Å². The second kappa shape index (κ2) is 12.9. The van der Waals surface area contributed by atoms with Gasteiger partial charge in [0.15, 0.2) is 0 Å². The zero-order valence-corrected chi connectivity index (χ0v) is 19.9. The largest absolute Gasteiger partial charge is 0.467 e. The third-order valence-corrected chi connectivity index (χ3v) is 5.96. The van der Waals surface area contributed by atoms with Crippen molar-refractivity contribution in [1.82, 2.24) is 9.80 Å². The fourth-order valence-corrected chi connectivity index (χ4v) is 4.10. The molecule has 1 fully saturated rings. The standard InChI is InChI=1S/C28H32N2O5/c31-27(29(18-25-13-7-15-34-25)17-23-9-3-1-4-10-23)20-30(19-26-14-8-16-35-26)28(32)22-33-21-24-11-5-2-6-12-24/h1-7,9-13,15,26H,8,14,16-22H2/t26-/m0/s1. The summed E-state index contributed by atoms with van der Waals surface area (Å²) in [4.78, 5) is 29.9. The summed E-state index contributed by atoms with van der Waals surface area (Å²) in [6.45, 7) is 2.02. The summed E-state index contributed by atoms with van der Waals surface area (Å²) in [6.07, 6.45) is 3.37. The number of hydrogen-bond donors (Lipinski definition) is 0. The van der Waals surface area contributed by atoms with Gasteiger partial charge in [0.05, 0.1) is 32.1 Å². The van der Waals surface area contributed by atoms with E-state index in [1.54, 1.807) is 22.1 Å². The van der Waals surface area contributed by atoms with E-state index in [9.17, 15) is 9.59 Å². The van der Waals surface area contributed by atoms with Gasteiger partial charge in [0.2, 0.25) is 11.8 Å². The Hall–Kier alpha value is -3.42. The van der Waals surface area contributed by atoms with E-state index >= 15 is 0 Å². The van der Waals surface area contributed by atoms with Crippen molar-refractivity contribution in [1.29, 1.82) is 0 Å². The lowest BCUT2D eigenvalue weighted by molar-refractivity contribution is -0.145. The van der Waals surface area contributed by atoms with Crippen molar-refractivity contribution in [2.45, 2.75) is 38.6 Å². The van der Waals surface area contributed by atoms with E-state index in [0.29, 0.717) is 38.6 Å². The molecule has 0 bridgehead atoms. The lowest BCUT2D eigenvalue weighted by atomic mass is 10.2. The molecular formula is C28H32N2O5. The van der Waals surface area contributed by atoms with Gasteiger partial charge in [-0.15, -0.1) is 0 Å². The second-order valence-corrected chi connectivity index (χ2v) is 8.70. The number of furan rings is 1. The first-order valence-electron chi connectivity index (χ1n) is 12.0. The minimum absolute atomic E-state index is 0.0407. The Morgan fingerprint density at radius 1 is 0.857 bits per heavy atom. The first-order chi connectivity index (χ1) is 17.2. The van der Waals surface area contributed by atoms with E-state index in [2.05, 4.69) is 0 Å². The molecule has 1 aliphatic heterocycles. The van der Waals surface area contributed by atoms with Crippen LogP contribution < -0.4 is 0 Å². The zero-order chi connectivity index (χ0) is 24.3. The van der Waals surface area contributed by atoms with Crippen molar-refractivity contribution in [3.63, 3.8) is 0 Å². The summed E-state index contributed by atoms with van der Waals surface area (Å²) in [6, 6.07) is 23.2. The molecule has 35 heavy (non-hydrogen) atoms. The first-order valence-corrected chi connectivity index (χ1v) is 12.0. The molecule has 2 amide bonds. The average molecular weight is 477 g/mol. The number of nitrogens with zero attached hydrogens (tertiary/aromatic N) is 2. The fraction of sp³-hybridized carbons (Fsp3) is 0.357. The molecule has 0 radical (unpaired) electrons. The van der Waals surface area contributed by atoms with Gasteiger partial charge in [0.1, 0.15) is 12.4 Å². The van der Waals surface area contributed by atoms with Gasteiger partial charge in [0, 0.05) is 19.7 Å². The summed E-state index contributed by atoms with van der Waals surface area (Å²) in [7, 11) is 0. The molecule has 1 aliphatic rings. The van der Waals surface area contributed by atoms with Crippen LogP contribution in [0.3, 0.4) is 0 Å². The third-order valence-electron chi connectivity index (χ3n) is 5.96. The van der Waals surface area contributed by atoms with Crippen LogP contribution in [-0.4, -0.2) is 54.0 Å². The van der Waals surface area contributed by atoms with Gasteiger partial charge in [-0.3, -0.25) is 9.59 Å². The Bertz CT molecular complexity index is 1030. The maximum atomic E-state index is 13.5. The number of carbonyl (C=O) groups excluding carboxylic acids is 2. The molecule has 0 spiro atoms. The van der Waals surface area contributed by atoms with Gasteiger partial charge in [-0.05, 0) is 36.1 Å². The summed E-state index contributed by atoms with van der Waals surface area (Å²) >= 11 is 0. The highest BCUT2D eigenvalue weighted by molar-refractivity contribution is 5.85. The van der Waals surface area contributed by atoms with Crippen molar-refractivity contribution < 1.29 is 23.5 Å². The lowest BCUT2D eigenvalue weighted by Gasteiger charge is -2.29. The third kappa shape index (κ3) is 7.80. The van der Waals surface area contributed by atoms with Crippen LogP contribution in [0.4, 0.5) is 0 Å². The van der Waals surface area contributed by atoms with E-state index < -0.39 is 0 Å². The van der Waals surface area contributed by atoms with E-state index in [-0.39, 0.29) is 31.1 Å². The first kappa shape index (κ1) is 24.7. The zero-order valence-electron chi connectivity index (χ0n) is 19.9. The van der Waals surface area contributed by atoms with Crippen molar-refractivity contribution in [2.24, 2.45) is 0 Å². The molecule has 2 heterocycles. The van der Waals surface area contributed by atoms with Gasteiger partial charge < -0.3 is 23.7 Å². The van der Waals surface area contributed by atoms with Gasteiger partial charge >= 0.3 is 0 Å². The van der Waals surface area contributed by atoms with Crippen LogP contribution in [0.2, 0.25) is 0 Å². The van der Waals surface area contributed by atoms with Crippen LogP contribution in [0.25, 0.3) is 0 Å². The number of hydrogen-bond acceptors (Lipinski definition) is 5. The van der Waals surface area contributed by atoms with Gasteiger partial charge in [-0.1, -0.05) is 60.7 Å². The molecule has 1 atom stereocenters. The number of amides is 2. The number of ether oxygens (including phenoxy) is 2. The molecule has 1 saturated heterocycles. The van der Waals surface area contributed by atoms with Crippen LogP contribution >= 0.6 is 0 Å². The molecule has 2 aromatic carbocycles. The van der Waals surface area contributed by atoms with Gasteiger partial charge in [0.25, 0.3) is 0 Å². The van der Waals surface area contributed by atoms with E-state index in [1.807, 2.05) is 66.7 Å². The van der Waals surface area contributed by atoms with Crippen LogP contribution in [0.5, 0.6) is 0 Å². The Morgan fingerprint density at radius 3 is 2.26 bits per heavy atom. The molecule has 4 rings (SSSR count). The summed E-state index contributed by atoms with van der Waals surface area (Å²) in [5.41, 5.74) is 2.00. The Morgan fingerprint density at radius 2 is 1.60 bits per heavy atom. The van der Waals surface area contributed by atoms with Crippen molar-refractivity contribution >= 4 is 11.8 Å². The van der Waals surface area contributed by atoms with Crippen LogP contribution in [0, 0.1) is 0 Å². The molecular weight excluding hydrogens is 444 g/mol. The fourth-order valence-electron chi connectivity index (χ4n) is 4.10. The SMILES string of the molecule is O=C(CN(C[C@@H]1CCCO1)C(=O)COCc1ccccc1)N(Cc1ccccc1)Cc1ccco1. The van der Waals surface area contributed by atoms with Crippen LogP contribution in [0.15, 0.2) is 83.5 Å². The Labute approximate surface area is 206 Å². The molecule has 0 N–H and O–H groups in total. The molecule has 0 unspecified atom stereocenters. The minimum Gasteiger partial charge on any atom is -0.467 e. The summed E-state index contributed by atoms with van der Waals surface area (Å²) in [5.74, 6) is 0.319. The molecule has 3 aromatic rings. The molecule has 7 nitrogen and oxygen atoms in total. The highest BCUT2D eigenvalue weighted by Gasteiger charge is 2.27. The molecule has 184 valence electrons. The lowest BCUT2D eigenvalue weighted by Crippen LogP contribution is -2.46. The molecule has 0 aliphatic carbocycles. The predicted octanol–water partition coefficient (Wildman–Crippen LogP) is 4.03. The quantitative estimate of drug-likeness (QED) is 0.395. The Kier molecular flexibility index (Phi) is 9.09. The molecule has 1 aromatic heterocycles. The highest BCUT2D eigenvalue weighted by atomic mass is 16.5. The Balaban J connectivity index is 1.42. The summed E-state index contributed by atoms with van der Waals surface area (Å²) < 4.78 is 16.9. The average Bonchev–Trinajstić information content (AvgIpc) is 3.59. The second-order valence-electron chi connectivity index (χ2n) is 8.70. The van der Waals surface area contributed by atoms with Crippen LogP contribution in [-0.2, 0) is 38.8 Å². The predicted molar refractivity (Wildman–Crippen MR) is 131 cm³/mol. The number of carbonyl (C=O) groups is 2. The maximum Gasteiger partial charge on any atom is 0.249 e. The monoisotopic (exact) mass is 476 g/mol. The van der Waals surface area contributed by atoms with E-state index in [0.717, 1.165) is 24.0 Å². The minimum atomic E-state index is -0.220. The molecule has 7 heteroatoms. The van der Waals surface area contributed by atoms with Crippen molar-refractivity contribution in [3.8, 4) is 0 Å². The smallest absolute Gasteiger partial charge is 0.249 e. The van der Waals surface area contributed by atoms with E-state index in [4.69, 9.17) is 13.9 Å². The van der Waals surface area contributed by atoms with Crippen molar-refractivity contribution in [2.75, 3.05) is 26.3 Å². The molecule has 0 saturated carbocycles. The van der Waals surface area contributed by atoms with E-state index in [1.165, 1.54) is 0 Å². The van der Waals surface area contributed by atoms with Crippen molar-refractivity contribution in [3.05, 3.63) is 95.9 Å². The number of rotatable bonds is 12. The topological polar surface area (TPSA) is 72.2 Å². The van der Waals surface area contributed by atoms with Crippen LogP contribution in [0.1, 0.15) is 29.7 Å². The normalized spacial score (nSPS) is 15.1. The number of benzene rings is 2. The maximum absolute atomic E-state index is 13.5. The van der Waals surface area contributed by atoms with Gasteiger partial charge in [-0.25, -0.2) is 0 Å². The highest BCUT2D eigenvalue weighted by Crippen LogP contribution is 2.16.